The molecule has 0 bridgehead atoms. The standard InChI is InChI=1S/C16H14N2O4/c1-21-14-12(22-9-10-5-3-2-4-6-10)8-7-11-13(14)17-16(20)18-15(11)19/h2-8H,9H2,1H3,(H2,17,18,19,20). The van der Waals surface area contributed by atoms with Gasteiger partial charge >= 0.3 is 6.01 Å². The first-order valence-electron chi connectivity index (χ1n) is 6.62. The first kappa shape index (κ1) is 13.9. The Morgan fingerprint density at radius 1 is 1.00 bits per heavy atom. The third-order valence-corrected chi connectivity index (χ3v) is 3.20. The van der Waals surface area contributed by atoms with E-state index < -0.39 is 6.01 Å². The Labute approximate surface area is 126 Å². The van der Waals surface area contributed by atoms with E-state index in [1.165, 1.54) is 7.11 Å². The Balaban J connectivity index is 1.99. The molecule has 6 nitrogen and oxygen atoms in total. The van der Waals surface area contributed by atoms with Crippen molar-refractivity contribution in [2.75, 3.05) is 7.11 Å². The molecule has 1 heterocycles. The lowest BCUT2D eigenvalue weighted by atomic mass is 10.2. The molecule has 3 rings (SSSR count). The van der Waals surface area contributed by atoms with E-state index in [1.807, 2.05) is 30.3 Å². The highest BCUT2D eigenvalue weighted by atomic mass is 16.5. The summed E-state index contributed by atoms with van der Waals surface area (Å²) in [6, 6.07) is 12.5. The van der Waals surface area contributed by atoms with Crippen LogP contribution in [0.4, 0.5) is 0 Å². The third kappa shape index (κ3) is 2.58. The first-order valence-corrected chi connectivity index (χ1v) is 6.62. The molecule has 2 N–H and O–H groups in total. The molecule has 0 saturated heterocycles. The lowest BCUT2D eigenvalue weighted by Crippen LogP contribution is -1.99. The molecular formula is C16H14N2O4. The number of hydrogen-bond donors (Lipinski definition) is 2. The molecule has 0 amide bonds. The average molecular weight is 298 g/mol. The zero-order valence-electron chi connectivity index (χ0n) is 11.9. The molecule has 0 fully saturated rings. The number of hydrogen-bond acceptors (Lipinski definition) is 6. The molecule has 0 atom stereocenters. The number of rotatable bonds is 4. The van der Waals surface area contributed by atoms with E-state index in [0.29, 0.717) is 23.5 Å². The summed E-state index contributed by atoms with van der Waals surface area (Å²) < 4.78 is 11.1. The number of aromatic nitrogens is 2. The van der Waals surface area contributed by atoms with Crippen molar-refractivity contribution in [3.8, 4) is 23.4 Å². The van der Waals surface area contributed by atoms with Gasteiger partial charge < -0.3 is 19.7 Å². The topological polar surface area (TPSA) is 84.7 Å². The highest BCUT2D eigenvalue weighted by Gasteiger charge is 2.15. The van der Waals surface area contributed by atoms with E-state index in [-0.39, 0.29) is 11.4 Å². The van der Waals surface area contributed by atoms with Crippen LogP contribution in [0.15, 0.2) is 42.5 Å². The minimum Gasteiger partial charge on any atom is -0.493 e. The van der Waals surface area contributed by atoms with Crippen molar-refractivity contribution in [2.45, 2.75) is 6.61 Å². The molecule has 1 aromatic heterocycles. The van der Waals surface area contributed by atoms with Crippen molar-refractivity contribution >= 4 is 10.9 Å². The van der Waals surface area contributed by atoms with Crippen LogP contribution in [0.2, 0.25) is 0 Å². The largest absolute Gasteiger partial charge is 0.493 e. The second kappa shape index (κ2) is 5.77. The van der Waals surface area contributed by atoms with Crippen LogP contribution in [0.3, 0.4) is 0 Å². The summed E-state index contributed by atoms with van der Waals surface area (Å²) in [5, 5.41) is 19.6. The van der Waals surface area contributed by atoms with Crippen molar-refractivity contribution < 1.29 is 19.7 Å². The van der Waals surface area contributed by atoms with Gasteiger partial charge in [0, 0.05) is 0 Å². The summed E-state index contributed by atoms with van der Waals surface area (Å²) in [4.78, 5) is 7.41. The van der Waals surface area contributed by atoms with Gasteiger partial charge in [0.25, 0.3) is 0 Å². The van der Waals surface area contributed by atoms with Crippen LogP contribution in [0, 0.1) is 0 Å². The fourth-order valence-electron chi connectivity index (χ4n) is 2.17. The summed E-state index contributed by atoms with van der Waals surface area (Å²) in [5.41, 5.74) is 1.30. The minimum atomic E-state index is -0.525. The number of ether oxygens (including phenoxy) is 2. The van der Waals surface area contributed by atoms with Crippen LogP contribution in [-0.2, 0) is 6.61 Å². The maximum atomic E-state index is 9.76. The molecule has 0 spiro atoms. The Morgan fingerprint density at radius 2 is 1.77 bits per heavy atom. The molecule has 6 heteroatoms. The predicted octanol–water partition coefficient (Wildman–Crippen LogP) is 2.63. The lowest BCUT2D eigenvalue weighted by molar-refractivity contribution is 0.285. The molecule has 0 radical (unpaired) electrons. The van der Waals surface area contributed by atoms with Crippen LogP contribution >= 0.6 is 0 Å². The van der Waals surface area contributed by atoms with Gasteiger partial charge in [-0.1, -0.05) is 30.3 Å². The Bertz CT molecular complexity index is 806. The maximum Gasteiger partial charge on any atom is 0.317 e. The van der Waals surface area contributed by atoms with Crippen LogP contribution < -0.4 is 9.47 Å². The van der Waals surface area contributed by atoms with Gasteiger partial charge in [0.2, 0.25) is 5.88 Å². The predicted molar refractivity (Wildman–Crippen MR) is 80.2 cm³/mol. The summed E-state index contributed by atoms with van der Waals surface area (Å²) >= 11 is 0. The van der Waals surface area contributed by atoms with E-state index >= 15 is 0 Å². The van der Waals surface area contributed by atoms with Gasteiger partial charge in [0.15, 0.2) is 11.5 Å². The zero-order valence-corrected chi connectivity index (χ0v) is 11.9. The monoisotopic (exact) mass is 298 g/mol. The number of aromatic hydroxyl groups is 2. The van der Waals surface area contributed by atoms with E-state index in [4.69, 9.17) is 9.47 Å². The van der Waals surface area contributed by atoms with Crippen molar-refractivity contribution in [3.05, 3.63) is 48.0 Å². The smallest absolute Gasteiger partial charge is 0.317 e. The number of nitrogens with zero attached hydrogens (tertiary/aromatic N) is 2. The summed E-state index contributed by atoms with van der Waals surface area (Å²) in [5.74, 6) is 0.494. The first-order chi connectivity index (χ1) is 10.7. The summed E-state index contributed by atoms with van der Waals surface area (Å²) in [7, 11) is 1.47. The molecule has 2 aromatic carbocycles. The third-order valence-electron chi connectivity index (χ3n) is 3.20. The van der Waals surface area contributed by atoms with E-state index in [0.717, 1.165) is 5.56 Å². The van der Waals surface area contributed by atoms with E-state index in [9.17, 15) is 10.2 Å². The zero-order chi connectivity index (χ0) is 15.5. The summed E-state index contributed by atoms with van der Waals surface area (Å²) in [6.45, 7) is 0.367. The normalized spacial score (nSPS) is 10.6. The second-order valence-electron chi connectivity index (χ2n) is 4.61. The number of methoxy groups -OCH3 is 1. The van der Waals surface area contributed by atoms with Gasteiger partial charge in [0.05, 0.1) is 12.5 Å². The van der Waals surface area contributed by atoms with Gasteiger partial charge in [-0.3, -0.25) is 0 Å². The highest BCUT2D eigenvalue weighted by molar-refractivity contribution is 5.90. The molecule has 22 heavy (non-hydrogen) atoms. The van der Waals surface area contributed by atoms with Gasteiger partial charge in [-0.2, -0.15) is 9.97 Å². The average Bonchev–Trinajstić information content (AvgIpc) is 2.53. The van der Waals surface area contributed by atoms with Crippen molar-refractivity contribution in [1.29, 1.82) is 0 Å². The van der Waals surface area contributed by atoms with Crippen molar-refractivity contribution in [2.24, 2.45) is 0 Å². The Hall–Kier alpha value is -3.02. The Morgan fingerprint density at radius 3 is 2.50 bits per heavy atom. The fraction of sp³-hybridized carbons (Fsp3) is 0.125. The molecule has 0 aliphatic carbocycles. The van der Waals surface area contributed by atoms with E-state index in [2.05, 4.69) is 9.97 Å². The molecule has 112 valence electrons. The van der Waals surface area contributed by atoms with Crippen molar-refractivity contribution in [3.63, 3.8) is 0 Å². The summed E-state index contributed by atoms with van der Waals surface area (Å²) in [6.07, 6.45) is 0. The fourth-order valence-corrected chi connectivity index (χ4v) is 2.17. The molecular weight excluding hydrogens is 284 g/mol. The van der Waals surface area contributed by atoms with Gasteiger partial charge in [-0.15, -0.1) is 0 Å². The van der Waals surface area contributed by atoms with Crippen LogP contribution in [0.1, 0.15) is 5.56 Å². The van der Waals surface area contributed by atoms with Gasteiger partial charge in [-0.05, 0) is 17.7 Å². The van der Waals surface area contributed by atoms with Gasteiger partial charge in [0.1, 0.15) is 12.1 Å². The highest BCUT2D eigenvalue weighted by Crippen LogP contribution is 2.38. The quantitative estimate of drug-likeness (QED) is 0.770. The SMILES string of the molecule is COc1c(OCc2ccccc2)ccc2c(O)nc(O)nc12. The Kier molecular flexibility index (Phi) is 3.65. The number of fused-ring (bicyclic) bond motifs is 1. The van der Waals surface area contributed by atoms with Crippen LogP contribution in [0.25, 0.3) is 10.9 Å². The molecule has 0 aliphatic rings. The van der Waals surface area contributed by atoms with Crippen LogP contribution in [-0.4, -0.2) is 27.3 Å². The number of benzene rings is 2. The van der Waals surface area contributed by atoms with Crippen LogP contribution in [0.5, 0.6) is 23.4 Å². The second-order valence-corrected chi connectivity index (χ2v) is 4.61. The molecule has 3 aromatic rings. The molecule has 0 saturated carbocycles. The molecule has 0 unspecified atom stereocenters. The maximum absolute atomic E-state index is 9.76. The van der Waals surface area contributed by atoms with Gasteiger partial charge in [-0.25, -0.2) is 0 Å². The van der Waals surface area contributed by atoms with E-state index in [1.54, 1.807) is 12.1 Å². The van der Waals surface area contributed by atoms with Crippen molar-refractivity contribution in [1.82, 2.24) is 9.97 Å². The minimum absolute atomic E-state index is 0.290. The molecule has 0 aliphatic heterocycles. The lowest BCUT2D eigenvalue weighted by Gasteiger charge is -2.13.